The van der Waals surface area contributed by atoms with Crippen molar-refractivity contribution in [2.75, 3.05) is 0 Å². The van der Waals surface area contributed by atoms with Crippen molar-refractivity contribution in [3.8, 4) is 0 Å². The molecule has 3 aromatic heterocycles. The van der Waals surface area contributed by atoms with Crippen LogP contribution in [0.5, 0.6) is 0 Å². The summed E-state index contributed by atoms with van der Waals surface area (Å²) in [7, 11) is 0. The fraction of sp³-hybridized carbons (Fsp3) is 0.375. The second-order valence-electron chi connectivity index (χ2n) is 5.16. The van der Waals surface area contributed by atoms with Gasteiger partial charge in [-0.15, -0.1) is 11.3 Å². The molecule has 5 nitrogen and oxygen atoms in total. The first kappa shape index (κ1) is 15.0. The molecule has 0 aliphatic rings. The standard InChI is InChI=1S/C16H19N3O2S/c1-2-5-15-17-16(21-18-15)12-19(10-13-6-3-8-20-13)11-14-7-4-9-22-14/h3-4,6-9H,2,5,10-12H2,1H3. The minimum Gasteiger partial charge on any atom is -0.468 e. The molecule has 0 N–H and O–H groups in total. The SMILES string of the molecule is CCCc1noc(CN(Cc2ccco2)Cc2cccs2)n1. The van der Waals surface area contributed by atoms with Gasteiger partial charge in [0.05, 0.1) is 19.4 Å². The van der Waals surface area contributed by atoms with Gasteiger partial charge in [0.25, 0.3) is 0 Å². The molecule has 0 bridgehead atoms. The lowest BCUT2D eigenvalue weighted by molar-refractivity contribution is 0.198. The summed E-state index contributed by atoms with van der Waals surface area (Å²) < 4.78 is 10.8. The molecular weight excluding hydrogens is 298 g/mol. The van der Waals surface area contributed by atoms with Crippen LogP contribution in [0.4, 0.5) is 0 Å². The molecule has 3 heterocycles. The average molecular weight is 317 g/mol. The summed E-state index contributed by atoms with van der Waals surface area (Å²) in [4.78, 5) is 8.00. The zero-order chi connectivity index (χ0) is 15.2. The highest BCUT2D eigenvalue weighted by atomic mass is 32.1. The highest BCUT2D eigenvalue weighted by Gasteiger charge is 2.14. The Hall–Kier alpha value is -1.92. The zero-order valence-electron chi connectivity index (χ0n) is 12.6. The highest BCUT2D eigenvalue weighted by Crippen LogP contribution is 2.17. The number of rotatable bonds is 8. The maximum atomic E-state index is 5.46. The maximum absolute atomic E-state index is 5.46. The number of hydrogen-bond donors (Lipinski definition) is 0. The van der Waals surface area contributed by atoms with Crippen LogP contribution < -0.4 is 0 Å². The van der Waals surface area contributed by atoms with Crippen LogP contribution >= 0.6 is 11.3 Å². The van der Waals surface area contributed by atoms with Gasteiger partial charge in [-0.25, -0.2) is 0 Å². The Kier molecular flexibility index (Phi) is 5.03. The first-order valence-electron chi connectivity index (χ1n) is 7.42. The van der Waals surface area contributed by atoms with Crippen molar-refractivity contribution in [3.05, 3.63) is 58.3 Å². The van der Waals surface area contributed by atoms with Crippen molar-refractivity contribution < 1.29 is 8.94 Å². The molecule has 0 spiro atoms. The maximum Gasteiger partial charge on any atom is 0.240 e. The summed E-state index contributed by atoms with van der Waals surface area (Å²) >= 11 is 1.75. The van der Waals surface area contributed by atoms with Crippen LogP contribution in [0, 0.1) is 0 Å². The third-order valence-corrected chi connectivity index (χ3v) is 4.12. The van der Waals surface area contributed by atoms with Crippen LogP contribution in [0.15, 0.2) is 44.8 Å². The minimum absolute atomic E-state index is 0.620. The molecule has 0 fully saturated rings. The van der Waals surface area contributed by atoms with Gasteiger partial charge >= 0.3 is 0 Å². The summed E-state index contributed by atoms with van der Waals surface area (Å²) in [5, 5.41) is 6.11. The van der Waals surface area contributed by atoms with E-state index in [4.69, 9.17) is 8.94 Å². The number of aromatic nitrogens is 2. The number of thiophene rings is 1. The molecule has 0 aromatic carbocycles. The molecule has 0 unspecified atom stereocenters. The van der Waals surface area contributed by atoms with Gasteiger partial charge in [0.15, 0.2) is 5.82 Å². The summed E-state index contributed by atoms with van der Waals surface area (Å²) in [6.45, 7) is 4.28. The van der Waals surface area contributed by atoms with E-state index in [-0.39, 0.29) is 0 Å². The van der Waals surface area contributed by atoms with E-state index >= 15 is 0 Å². The van der Waals surface area contributed by atoms with E-state index in [0.717, 1.165) is 37.5 Å². The molecule has 3 aromatic rings. The summed E-state index contributed by atoms with van der Waals surface area (Å²) in [6, 6.07) is 8.09. The van der Waals surface area contributed by atoms with Crippen LogP contribution in [-0.4, -0.2) is 15.0 Å². The Morgan fingerprint density at radius 1 is 1.18 bits per heavy atom. The fourth-order valence-electron chi connectivity index (χ4n) is 2.28. The Balaban J connectivity index is 1.69. The van der Waals surface area contributed by atoms with E-state index in [1.54, 1.807) is 17.6 Å². The third kappa shape index (κ3) is 4.05. The molecule has 6 heteroatoms. The van der Waals surface area contributed by atoms with Crippen molar-refractivity contribution in [2.24, 2.45) is 0 Å². The van der Waals surface area contributed by atoms with Gasteiger partial charge in [0, 0.05) is 17.8 Å². The smallest absolute Gasteiger partial charge is 0.240 e. The minimum atomic E-state index is 0.620. The first-order valence-corrected chi connectivity index (χ1v) is 8.30. The molecule has 0 aliphatic heterocycles. The van der Waals surface area contributed by atoms with Gasteiger partial charge in [-0.3, -0.25) is 4.90 Å². The molecule has 116 valence electrons. The predicted molar refractivity (Wildman–Crippen MR) is 84.3 cm³/mol. The lowest BCUT2D eigenvalue weighted by atomic mass is 10.3. The molecule has 0 saturated carbocycles. The second-order valence-corrected chi connectivity index (χ2v) is 6.19. The lowest BCUT2D eigenvalue weighted by Crippen LogP contribution is -2.22. The molecular formula is C16H19N3O2S. The zero-order valence-corrected chi connectivity index (χ0v) is 13.4. The van der Waals surface area contributed by atoms with Crippen LogP contribution in [0.3, 0.4) is 0 Å². The fourth-order valence-corrected chi connectivity index (χ4v) is 3.03. The van der Waals surface area contributed by atoms with E-state index < -0.39 is 0 Å². The third-order valence-electron chi connectivity index (χ3n) is 3.26. The van der Waals surface area contributed by atoms with Gasteiger partial charge in [0.2, 0.25) is 5.89 Å². The van der Waals surface area contributed by atoms with Crippen LogP contribution in [0.25, 0.3) is 0 Å². The summed E-state index contributed by atoms with van der Waals surface area (Å²) in [5.41, 5.74) is 0. The topological polar surface area (TPSA) is 55.3 Å². The molecule has 0 amide bonds. The van der Waals surface area contributed by atoms with Crippen LogP contribution in [-0.2, 0) is 26.1 Å². The van der Waals surface area contributed by atoms with E-state index in [1.165, 1.54) is 4.88 Å². The normalized spacial score (nSPS) is 11.4. The Morgan fingerprint density at radius 3 is 2.86 bits per heavy atom. The monoisotopic (exact) mass is 317 g/mol. The van der Waals surface area contributed by atoms with E-state index in [1.807, 2.05) is 12.1 Å². The van der Waals surface area contributed by atoms with Crippen LogP contribution in [0.2, 0.25) is 0 Å². The van der Waals surface area contributed by atoms with E-state index in [2.05, 4.69) is 39.5 Å². The number of aryl methyl sites for hydroxylation is 1. The summed E-state index contributed by atoms with van der Waals surface area (Å²) in [5.74, 6) is 2.38. The number of nitrogens with zero attached hydrogens (tertiary/aromatic N) is 3. The first-order chi connectivity index (χ1) is 10.8. The Bertz CT molecular complexity index is 625. The molecule has 3 rings (SSSR count). The lowest BCUT2D eigenvalue weighted by Gasteiger charge is -2.18. The van der Waals surface area contributed by atoms with Gasteiger partial charge in [-0.2, -0.15) is 4.98 Å². The van der Waals surface area contributed by atoms with E-state index in [0.29, 0.717) is 12.4 Å². The van der Waals surface area contributed by atoms with Crippen LogP contribution in [0.1, 0.15) is 35.7 Å². The van der Waals surface area contributed by atoms with Crippen molar-refractivity contribution in [2.45, 2.75) is 39.4 Å². The Morgan fingerprint density at radius 2 is 2.14 bits per heavy atom. The van der Waals surface area contributed by atoms with Crippen molar-refractivity contribution >= 4 is 11.3 Å². The average Bonchev–Trinajstić information content (AvgIpc) is 3.22. The molecule has 0 atom stereocenters. The van der Waals surface area contributed by atoms with Gasteiger partial charge in [-0.05, 0) is 30.0 Å². The molecule has 0 radical (unpaired) electrons. The quantitative estimate of drug-likeness (QED) is 0.631. The number of furan rings is 1. The van der Waals surface area contributed by atoms with Gasteiger partial charge in [-0.1, -0.05) is 18.1 Å². The molecule has 22 heavy (non-hydrogen) atoms. The molecule has 0 aliphatic carbocycles. The summed E-state index contributed by atoms with van der Waals surface area (Å²) in [6.07, 6.45) is 3.57. The Labute approximate surface area is 133 Å². The van der Waals surface area contributed by atoms with Crippen molar-refractivity contribution in [1.82, 2.24) is 15.0 Å². The highest BCUT2D eigenvalue weighted by molar-refractivity contribution is 7.09. The van der Waals surface area contributed by atoms with Gasteiger partial charge < -0.3 is 8.94 Å². The number of hydrogen-bond acceptors (Lipinski definition) is 6. The predicted octanol–water partition coefficient (Wildman–Crippen LogP) is 3.88. The van der Waals surface area contributed by atoms with Gasteiger partial charge in [0.1, 0.15) is 5.76 Å². The van der Waals surface area contributed by atoms with Crippen molar-refractivity contribution in [1.29, 1.82) is 0 Å². The van der Waals surface area contributed by atoms with Crippen molar-refractivity contribution in [3.63, 3.8) is 0 Å². The molecule has 0 saturated heterocycles. The largest absolute Gasteiger partial charge is 0.468 e. The second kappa shape index (κ2) is 7.38. The van der Waals surface area contributed by atoms with E-state index in [9.17, 15) is 0 Å².